The third kappa shape index (κ3) is 4.11. The summed E-state index contributed by atoms with van der Waals surface area (Å²) < 4.78 is 0. The van der Waals surface area contributed by atoms with Crippen molar-refractivity contribution in [3.05, 3.63) is 41.7 Å². The summed E-state index contributed by atoms with van der Waals surface area (Å²) in [6.45, 7) is 5.39. The summed E-state index contributed by atoms with van der Waals surface area (Å²) >= 11 is 0. The van der Waals surface area contributed by atoms with Gasteiger partial charge in [0.05, 0.1) is 0 Å². The Balaban J connectivity index is 1.50. The fraction of sp³-hybridized carbons (Fsp3) is 0.471. The van der Waals surface area contributed by atoms with E-state index in [-0.39, 0.29) is 17.4 Å². The highest BCUT2D eigenvalue weighted by atomic mass is 16.3. The van der Waals surface area contributed by atoms with Gasteiger partial charge in [0.1, 0.15) is 11.6 Å². The van der Waals surface area contributed by atoms with Crippen molar-refractivity contribution in [1.82, 2.24) is 25.2 Å². The smallest absolute Gasteiger partial charge is 0.273 e. The number of nitrogens with zero attached hydrogens (tertiary/aromatic N) is 3. The lowest BCUT2D eigenvalue weighted by Crippen LogP contribution is -2.40. The Morgan fingerprint density at radius 2 is 2.38 bits per heavy atom. The molecule has 0 spiro atoms. The van der Waals surface area contributed by atoms with Gasteiger partial charge < -0.3 is 15.4 Å². The average molecular weight is 329 g/mol. The van der Waals surface area contributed by atoms with E-state index in [1.807, 2.05) is 13.1 Å². The number of amides is 1. The number of aromatic nitrogens is 3. The van der Waals surface area contributed by atoms with Gasteiger partial charge >= 0.3 is 0 Å². The third-order valence-corrected chi connectivity index (χ3v) is 4.31. The van der Waals surface area contributed by atoms with Crippen molar-refractivity contribution in [2.24, 2.45) is 5.92 Å². The zero-order chi connectivity index (χ0) is 16.9. The van der Waals surface area contributed by atoms with Gasteiger partial charge in [0.2, 0.25) is 0 Å². The molecule has 1 saturated heterocycles. The van der Waals surface area contributed by atoms with Crippen molar-refractivity contribution in [1.29, 1.82) is 0 Å². The van der Waals surface area contributed by atoms with Gasteiger partial charge in [-0.1, -0.05) is 0 Å². The molecule has 3 rings (SSSR count). The molecule has 0 aliphatic carbocycles. The quantitative estimate of drug-likeness (QED) is 0.772. The number of hydrogen-bond acceptors (Lipinski definition) is 5. The van der Waals surface area contributed by atoms with E-state index in [2.05, 4.69) is 25.2 Å². The lowest BCUT2D eigenvalue weighted by Gasteiger charge is -2.32. The van der Waals surface area contributed by atoms with Crippen LogP contribution in [0.1, 0.15) is 34.8 Å². The van der Waals surface area contributed by atoms with Gasteiger partial charge in [-0.15, -0.1) is 0 Å². The maximum absolute atomic E-state index is 12.1. The molecule has 24 heavy (non-hydrogen) atoms. The molecular formula is C17H23N5O2. The zero-order valence-corrected chi connectivity index (χ0v) is 13.8. The van der Waals surface area contributed by atoms with E-state index in [1.54, 1.807) is 6.07 Å². The minimum atomic E-state index is -0.325. The Hall–Kier alpha value is -2.41. The summed E-state index contributed by atoms with van der Waals surface area (Å²) in [6.07, 6.45) is 5.59. The minimum absolute atomic E-state index is 0.0816. The van der Waals surface area contributed by atoms with Crippen molar-refractivity contribution in [2.45, 2.75) is 26.3 Å². The highest BCUT2D eigenvalue weighted by Crippen LogP contribution is 2.18. The van der Waals surface area contributed by atoms with Crippen molar-refractivity contribution >= 4 is 5.91 Å². The predicted molar refractivity (Wildman–Crippen MR) is 89.6 cm³/mol. The molecule has 128 valence electrons. The highest BCUT2D eigenvalue weighted by Gasteiger charge is 2.22. The molecule has 1 aliphatic rings. The molecule has 7 heteroatoms. The Morgan fingerprint density at radius 3 is 3.12 bits per heavy atom. The molecule has 1 amide bonds. The number of pyridine rings is 1. The number of carbonyl (C=O) groups excluding carboxylic acids is 1. The summed E-state index contributed by atoms with van der Waals surface area (Å²) in [5.41, 5.74) is 1.20. The van der Waals surface area contributed by atoms with E-state index in [4.69, 9.17) is 0 Å². The zero-order valence-electron chi connectivity index (χ0n) is 13.8. The molecule has 2 aromatic heterocycles. The second kappa shape index (κ2) is 7.44. The van der Waals surface area contributed by atoms with Crippen LogP contribution >= 0.6 is 0 Å². The van der Waals surface area contributed by atoms with Crippen molar-refractivity contribution < 1.29 is 9.90 Å². The monoisotopic (exact) mass is 329 g/mol. The minimum Gasteiger partial charge on any atom is -0.505 e. The summed E-state index contributed by atoms with van der Waals surface area (Å²) in [4.78, 5) is 25.9. The van der Waals surface area contributed by atoms with Crippen LogP contribution in [0.3, 0.4) is 0 Å². The number of carbonyl (C=O) groups is 1. The Bertz CT molecular complexity index is 700. The van der Waals surface area contributed by atoms with E-state index in [9.17, 15) is 9.90 Å². The van der Waals surface area contributed by atoms with E-state index < -0.39 is 0 Å². The molecule has 0 saturated carbocycles. The number of aromatic hydroxyl groups is 1. The van der Waals surface area contributed by atoms with Crippen molar-refractivity contribution in [3.63, 3.8) is 0 Å². The number of imidazole rings is 1. The first-order chi connectivity index (χ1) is 11.6. The number of aryl methyl sites for hydroxylation is 1. The van der Waals surface area contributed by atoms with Gasteiger partial charge in [0, 0.05) is 37.7 Å². The van der Waals surface area contributed by atoms with Crippen molar-refractivity contribution in [2.75, 3.05) is 19.6 Å². The van der Waals surface area contributed by atoms with Gasteiger partial charge in [-0.25, -0.2) is 9.97 Å². The first kappa shape index (κ1) is 16.4. The fourth-order valence-corrected chi connectivity index (χ4v) is 3.15. The fourth-order valence-electron chi connectivity index (χ4n) is 3.15. The standard InChI is InChI=1S/C17H23N5O2/c1-12-19-9-14(21-12)11-22-7-3-4-13(10-22)8-20-17(24)16-15(23)5-2-6-18-16/h2,5-6,9,13,23H,3-4,7-8,10-11H2,1H3,(H,19,21)(H,20,24)/t13-/m0/s1. The highest BCUT2D eigenvalue weighted by molar-refractivity contribution is 5.94. The first-order valence-electron chi connectivity index (χ1n) is 8.27. The number of aromatic amines is 1. The van der Waals surface area contributed by atoms with Crippen LogP contribution in [0.15, 0.2) is 24.5 Å². The van der Waals surface area contributed by atoms with Gasteiger partial charge in [0.15, 0.2) is 5.69 Å². The summed E-state index contributed by atoms with van der Waals surface area (Å²) in [6, 6.07) is 3.07. The molecule has 2 aromatic rings. The molecule has 3 heterocycles. The van der Waals surface area contributed by atoms with Gasteiger partial charge in [-0.2, -0.15) is 0 Å². The largest absolute Gasteiger partial charge is 0.505 e. The molecule has 1 fully saturated rings. The normalized spacial score (nSPS) is 18.5. The lowest BCUT2D eigenvalue weighted by atomic mass is 9.98. The molecule has 7 nitrogen and oxygen atoms in total. The average Bonchev–Trinajstić information content (AvgIpc) is 2.98. The van der Waals surface area contributed by atoms with Crippen LogP contribution in [-0.2, 0) is 6.54 Å². The first-order valence-corrected chi connectivity index (χ1v) is 8.27. The third-order valence-electron chi connectivity index (χ3n) is 4.31. The number of hydrogen-bond donors (Lipinski definition) is 3. The van der Waals surface area contributed by atoms with Crippen LogP contribution in [0.2, 0.25) is 0 Å². The van der Waals surface area contributed by atoms with Crippen LogP contribution in [0.4, 0.5) is 0 Å². The van der Waals surface area contributed by atoms with Crippen LogP contribution in [0, 0.1) is 12.8 Å². The molecule has 1 atom stereocenters. The molecule has 0 aromatic carbocycles. The Kier molecular flexibility index (Phi) is 5.10. The maximum Gasteiger partial charge on any atom is 0.273 e. The Morgan fingerprint density at radius 1 is 1.50 bits per heavy atom. The molecule has 0 radical (unpaired) electrons. The molecule has 1 aliphatic heterocycles. The number of nitrogens with one attached hydrogen (secondary N) is 2. The van der Waals surface area contributed by atoms with Gasteiger partial charge in [-0.05, 0) is 44.4 Å². The van der Waals surface area contributed by atoms with E-state index >= 15 is 0 Å². The maximum atomic E-state index is 12.1. The van der Waals surface area contributed by atoms with Crippen LogP contribution in [-0.4, -0.2) is 50.5 Å². The van der Waals surface area contributed by atoms with Crippen LogP contribution in [0.25, 0.3) is 0 Å². The predicted octanol–water partition coefficient (Wildman–Crippen LogP) is 1.46. The topological polar surface area (TPSA) is 94.1 Å². The molecule has 0 unspecified atom stereocenters. The van der Waals surface area contributed by atoms with Gasteiger partial charge in [0.25, 0.3) is 5.91 Å². The second-order valence-electron chi connectivity index (χ2n) is 6.32. The van der Waals surface area contributed by atoms with E-state index in [0.717, 1.165) is 44.0 Å². The Labute approximate surface area is 141 Å². The van der Waals surface area contributed by atoms with Crippen molar-refractivity contribution in [3.8, 4) is 5.75 Å². The van der Waals surface area contributed by atoms with E-state index in [1.165, 1.54) is 12.3 Å². The van der Waals surface area contributed by atoms with E-state index in [0.29, 0.717) is 12.5 Å². The van der Waals surface area contributed by atoms with Gasteiger partial charge in [-0.3, -0.25) is 9.69 Å². The number of piperidine rings is 1. The summed E-state index contributed by atoms with van der Waals surface area (Å²) in [5.74, 6) is 0.919. The lowest BCUT2D eigenvalue weighted by molar-refractivity contribution is 0.0922. The summed E-state index contributed by atoms with van der Waals surface area (Å²) in [5, 5.41) is 12.6. The SMILES string of the molecule is Cc1ncc(CN2CCC[C@@H](CNC(=O)c3ncccc3O)C2)[nH]1. The number of H-pyrrole nitrogens is 1. The van der Waals surface area contributed by atoms with Crippen LogP contribution < -0.4 is 5.32 Å². The summed E-state index contributed by atoms with van der Waals surface area (Å²) in [7, 11) is 0. The molecule has 0 bridgehead atoms. The molecule has 3 N–H and O–H groups in total. The number of likely N-dealkylation sites (tertiary alicyclic amines) is 1. The second-order valence-corrected chi connectivity index (χ2v) is 6.32. The molecular weight excluding hydrogens is 306 g/mol. The van der Waals surface area contributed by atoms with Crippen LogP contribution in [0.5, 0.6) is 5.75 Å². The number of rotatable bonds is 5.